The Balaban J connectivity index is 2.84. The lowest BCUT2D eigenvalue weighted by Crippen LogP contribution is -2.55. The van der Waals surface area contributed by atoms with Crippen molar-refractivity contribution >= 4 is 11.9 Å². The van der Waals surface area contributed by atoms with Crippen molar-refractivity contribution < 1.29 is 32.6 Å². The number of esters is 2. The van der Waals surface area contributed by atoms with Gasteiger partial charge in [0.05, 0.1) is 6.10 Å². The molecule has 0 amide bonds. The van der Waals surface area contributed by atoms with E-state index in [9.17, 15) is 18.4 Å². The Hall–Kier alpha value is -1.24. The van der Waals surface area contributed by atoms with E-state index in [1.165, 1.54) is 6.92 Å². The molecule has 1 heterocycles. The van der Waals surface area contributed by atoms with E-state index in [1.54, 1.807) is 0 Å². The average Bonchev–Trinajstić information content (AvgIpc) is 2.12. The summed E-state index contributed by atoms with van der Waals surface area (Å²) < 4.78 is 41.3. The normalized spacial score (nSPS) is 31.7. The van der Waals surface area contributed by atoms with Crippen LogP contribution in [-0.4, -0.2) is 36.4 Å². The number of rotatable bonds is 2. The SMILES string of the molecule is CC(=O)O[C@H]1O[C@@H](C)C[C@@H](OC(C)=O)C1(F)F. The highest BCUT2D eigenvalue weighted by Crippen LogP contribution is 2.36. The first-order valence-electron chi connectivity index (χ1n) is 5.11. The minimum absolute atomic E-state index is 0.148. The third-order valence-electron chi connectivity index (χ3n) is 2.23. The molecule has 5 nitrogen and oxygen atoms in total. The summed E-state index contributed by atoms with van der Waals surface area (Å²) in [6.45, 7) is 3.57. The van der Waals surface area contributed by atoms with Crippen LogP contribution < -0.4 is 0 Å². The zero-order valence-corrected chi connectivity index (χ0v) is 9.74. The summed E-state index contributed by atoms with van der Waals surface area (Å²) in [5.41, 5.74) is 0. The van der Waals surface area contributed by atoms with Crippen molar-refractivity contribution in [3.8, 4) is 0 Å². The molecule has 0 aliphatic carbocycles. The molecule has 0 unspecified atom stereocenters. The molecule has 0 aromatic carbocycles. The second-order valence-electron chi connectivity index (χ2n) is 3.90. The van der Waals surface area contributed by atoms with Gasteiger partial charge in [0.25, 0.3) is 6.29 Å². The third kappa shape index (κ3) is 3.36. The van der Waals surface area contributed by atoms with Gasteiger partial charge in [-0.05, 0) is 6.92 Å². The summed E-state index contributed by atoms with van der Waals surface area (Å²) in [5, 5.41) is 0. The zero-order chi connectivity index (χ0) is 13.2. The number of hydrogen-bond acceptors (Lipinski definition) is 5. The van der Waals surface area contributed by atoms with Gasteiger partial charge < -0.3 is 14.2 Å². The summed E-state index contributed by atoms with van der Waals surface area (Å²) in [7, 11) is 0. The fourth-order valence-corrected chi connectivity index (χ4v) is 1.55. The summed E-state index contributed by atoms with van der Waals surface area (Å²) in [4.78, 5) is 21.4. The number of ether oxygens (including phenoxy) is 3. The average molecular weight is 252 g/mol. The van der Waals surface area contributed by atoms with Gasteiger partial charge in [0.15, 0.2) is 6.10 Å². The molecule has 17 heavy (non-hydrogen) atoms. The fourth-order valence-electron chi connectivity index (χ4n) is 1.55. The molecule has 1 saturated heterocycles. The lowest BCUT2D eigenvalue weighted by atomic mass is 10.0. The van der Waals surface area contributed by atoms with Crippen LogP contribution in [0.4, 0.5) is 8.78 Å². The van der Waals surface area contributed by atoms with Crippen molar-refractivity contribution in [2.75, 3.05) is 0 Å². The van der Waals surface area contributed by atoms with Crippen molar-refractivity contribution in [2.45, 2.75) is 51.6 Å². The van der Waals surface area contributed by atoms with Gasteiger partial charge in [0, 0.05) is 20.3 Å². The molecule has 3 atom stereocenters. The van der Waals surface area contributed by atoms with Crippen molar-refractivity contribution in [1.82, 2.24) is 0 Å². The molecule has 1 fully saturated rings. The van der Waals surface area contributed by atoms with Gasteiger partial charge in [-0.3, -0.25) is 9.59 Å². The van der Waals surface area contributed by atoms with Crippen LogP contribution in [0, 0.1) is 0 Å². The third-order valence-corrected chi connectivity index (χ3v) is 2.23. The number of carbonyl (C=O) groups excluding carboxylic acids is 2. The minimum atomic E-state index is -3.55. The maximum atomic E-state index is 13.7. The molecular weight excluding hydrogens is 238 g/mol. The summed E-state index contributed by atoms with van der Waals surface area (Å²) in [6, 6.07) is 0. The van der Waals surface area contributed by atoms with E-state index in [-0.39, 0.29) is 6.42 Å². The predicted molar refractivity (Wildman–Crippen MR) is 51.2 cm³/mol. The smallest absolute Gasteiger partial charge is 0.345 e. The van der Waals surface area contributed by atoms with Crippen LogP contribution in [0.25, 0.3) is 0 Å². The molecule has 0 saturated carbocycles. The Kier molecular flexibility index (Phi) is 4.03. The van der Waals surface area contributed by atoms with Gasteiger partial charge in [-0.15, -0.1) is 0 Å². The van der Waals surface area contributed by atoms with E-state index in [1.807, 2.05) is 0 Å². The number of carbonyl (C=O) groups is 2. The molecule has 1 rings (SSSR count). The maximum absolute atomic E-state index is 13.7. The van der Waals surface area contributed by atoms with Crippen LogP contribution in [0.2, 0.25) is 0 Å². The first-order chi connectivity index (χ1) is 7.73. The van der Waals surface area contributed by atoms with Crippen molar-refractivity contribution in [2.24, 2.45) is 0 Å². The minimum Gasteiger partial charge on any atom is -0.456 e. The zero-order valence-electron chi connectivity index (χ0n) is 9.74. The summed E-state index contributed by atoms with van der Waals surface area (Å²) >= 11 is 0. The maximum Gasteiger partial charge on any atom is 0.345 e. The molecule has 0 spiro atoms. The standard InChI is InChI=1S/C10H14F2O5/c1-5-4-8(16-6(2)13)10(11,12)9(15-5)17-7(3)14/h5,8-9H,4H2,1-3H3/t5-,8+,9+/m0/s1. The second kappa shape index (κ2) is 4.95. The van der Waals surface area contributed by atoms with E-state index >= 15 is 0 Å². The van der Waals surface area contributed by atoms with Crippen LogP contribution in [-0.2, 0) is 23.8 Å². The Morgan fingerprint density at radius 3 is 2.24 bits per heavy atom. The van der Waals surface area contributed by atoms with Gasteiger partial charge in [0.2, 0.25) is 0 Å². The molecule has 0 N–H and O–H groups in total. The van der Waals surface area contributed by atoms with Crippen LogP contribution in [0.15, 0.2) is 0 Å². The number of hydrogen-bond donors (Lipinski definition) is 0. The van der Waals surface area contributed by atoms with Crippen molar-refractivity contribution in [1.29, 1.82) is 0 Å². The van der Waals surface area contributed by atoms with Gasteiger partial charge in [-0.1, -0.05) is 0 Å². The van der Waals surface area contributed by atoms with Crippen LogP contribution in [0.3, 0.4) is 0 Å². The summed E-state index contributed by atoms with van der Waals surface area (Å²) in [5.74, 6) is -5.25. The highest BCUT2D eigenvalue weighted by molar-refractivity contribution is 5.67. The van der Waals surface area contributed by atoms with E-state index in [4.69, 9.17) is 4.74 Å². The molecule has 0 bridgehead atoms. The van der Waals surface area contributed by atoms with Crippen LogP contribution in [0.5, 0.6) is 0 Å². The van der Waals surface area contributed by atoms with Gasteiger partial charge in [-0.2, -0.15) is 8.78 Å². The Bertz CT molecular complexity index is 290. The topological polar surface area (TPSA) is 61.8 Å². The van der Waals surface area contributed by atoms with Gasteiger partial charge in [0.1, 0.15) is 0 Å². The number of halogens is 2. The van der Waals surface area contributed by atoms with Crippen LogP contribution in [0.1, 0.15) is 27.2 Å². The Morgan fingerprint density at radius 1 is 1.24 bits per heavy atom. The first-order valence-corrected chi connectivity index (χ1v) is 5.11. The van der Waals surface area contributed by atoms with Crippen molar-refractivity contribution in [3.05, 3.63) is 0 Å². The van der Waals surface area contributed by atoms with Crippen LogP contribution >= 0.6 is 0 Å². The first kappa shape index (κ1) is 13.8. The fraction of sp³-hybridized carbons (Fsp3) is 0.800. The number of alkyl halides is 2. The van der Waals surface area contributed by atoms with Gasteiger partial charge >= 0.3 is 17.9 Å². The van der Waals surface area contributed by atoms with E-state index in [2.05, 4.69) is 9.47 Å². The van der Waals surface area contributed by atoms with Crippen molar-refractivity contribution in [3.63, 3.8) is 0 Å². The molecule has 0 aromatic heterocycles. The largest absolute Gasteiger partial charge is 0.456 e. The molecule has 0 radical (unpaired) electrons. The lowest BCUT2D eigenvalue weighted by molar-refractivity contribution is -0.318. The molecule has 1 aliphatic heterocycles. The molecule has 98 valence electrons. The van der Waals surface area contributed by atoms with E-state index in [0.29, 0.717) is 0 Å². The van der Waals surface area contributed by atoms with E-state index < -0.39 is 36.4 Å². The molecule has 0 aromatic rings. The summed E-state index contributed by atoms with van der Waals surface area (Å²) in [6.07, 6.45) is -4.41. The predicted octanol–water partition coefficient (Wildman–Crippen LogP) is 1.25. The van der Waals surface area contributed by atoms with Gasteiger partial charge in [-0.25, -0.2) is 0 Å². The Labute approximate surface area is 97.0 Å². The highest BCUT2D eigenvalue weighted by Gasteiger charge is 2.56. The quantitative estimate of drug-likeness (QED) is 0.692. The second-order valence-corrected chi connectivity index (χ2v) is 3.90. The van der Waals surface area contributed by atoms with E-state index in [0.717, 1.165) is 13.8 Å². The monoisotopic (exact) mass is 252 g/mol. The highest BCUT2D eigenvalue weighted by atomic mass is 19.3. The molecule has 7 heteroatoms. The Morgan fingerprint density at radius 2 is 1.76 bits per heavy atom. The molecule has 1 aliphatic rings. The lowest BCUT2D eigenvalue weighted by Gasteiger charge is -2.38. The molecular formula is C10H14F2O5.